The van der Waals surface area contributed by atoms with Gasteiger partial charge >= 0.3 is 0 Å². The molecule has 1 atom stereocenters. The van der Waals surface area contributed by atoms with Crippen LogP contribution in [0.4, 0.5) is 0 Å². The normalized spacial score (nSPS) is 13.0. The number of hydrogen-bond donors (Lipinski definition) is 1. The highest BCUT2D eigenvalue weighted by atomic mass is 16.5. The van der Waals surface area contributed by atoms with Crippen LogP contribution >= 0.6 is 0 Å². The molecule has 0 heterocycles. The van der Waals surface area contributed by atoms with Crippen LogP contribution in [0.15, 0.2) is 12.1 Å². The van der Waals surface area contributed by atoms with Crippen molar-refractivity contribution in [3.8, 4) is 0 Å². The quantitative estimate of drug-likeness (QED) is 0.822. The van der Waals surface area contributed by atoms with E-state index in [1.54, 1.807) is 7.11 Å². The van der Waals surface area contributed by atoms with Crippen LogP contribution in [0.25, 0.3) is 0 Å². The van der Waals surface area contributed by atoms with Gasteiger partial charge in [0, 0.05) is 26.2 Å². The number of nitrogens with zero attached hydrogens (tertiary/aromatic N) is 1. The monoisotopic (exact) mass is 264 g/mol. The van der Waals surface area contributed by atoms with Gasteiger partial charge in [-0.15, -0.1) is 0 Å². The molecular weight excluding hydrogens is 236 g/mol. The van der Waals surface area contributed by atoms with Crippen LogP contribution in [0.3, 0.4) is 0 Å². The number of likely N-dealkylation sites (N-methyl/N-ethyl adjacent to an activating group) is 1. The zero-order valence-electron chi connectivity index (χ0n) is 13.0. The van der Waals surface area contributed by atoms with Crippen molar-refractivity contribution in [2.45, 2.75) is 33.7 Å². The Morgan fingerprint density at radius 2 is 1.79 bits per heavy atom. The second kappa shape index (κ2) is 7.63. The van der Waals surface area contributed by atoms with E-state index in [0.29, 0.717) is 0 Å². The van der Waals surface area contributed by atoms with Gasteiger partial charge in [0.1, 0.15) is 0 Å². The van der Waals surface area contributed by atoms with Gasteiger partial charge in [0.05, 0.1) is 6.61 Å². The average molecular weight is 264 g/mol. The minimum absolute atomic E-state index is 0.0670. The zero-order chi connectivity index (χ0) is 14.4. The molecule has 108 valence electrons. The maximum absolute atomic E-state index is 6.41. The first-order valence-corrected chi connectivity index (χ1v) is 7.04. The van der Waals surface area contributed by atoms with E-state index in [0.717, 1.165) is 26.2 Å². The summed E-state index contributed by atoms with van der Waals surface area (Å²) in [6.45, 7) is 12.2. The molecule has 1 aromatic rings. The molecule has 2 N–H and O–H groups in total. The largest absolute Gasteiger partial charge is 0.383 e. The predicted octanol–water partition coefficient (Wildman–Crippen LogP) is 2.58. The molecule has 1 unspecified atom stereocenters. The van der Waals surface area contributed by atoms with Gasteiger partial charge < -0.3 is 10.5 Å². The first kappa shape index (κ1) is 16.2. The van der Waals surface area contributed by atoms with E-state index in [9.17, 15) is 0 Å². The second-order valence-corrected chi connectivity index (χ2v) is 5.30. The molecule has 0 fully saturated rings. The minimum atomic E-state index is 0.0670. The zero-order valence-corrected chi connectivity index (χ0v) is 13.0. The fourth-order valence-corrected chi connectivity index (χ4v) is 2.74. The van der Waals surface area contributed by atoms with E-state index in [-0.39, 0.29) is 6.04 Å². The Hall–Kier alpha value is -0.900. The first-order chi connectivity index (χ1) is 8.99. The Kier molecular flexibility index (Phi) is 6.49. The number of rotatable bonds is 7. The van der Waals surface area contributed by atoms with E-state index >= 15 is 0 Å². The summed E-state index contributed by atoms with van der Waals surface area (Å²) in [4.78, 5) is 2.34. The Balaban J connectivity index is 2.79. The van der Waals surface area contributed by atoms with Gasteiger partial charge in [0.25, 0.3) is 0 Å². The maximum Gasteiger partial charge on any atom is 0.0589 e. The summed E-state index contributed by atoms with van der Waals surface area (Å²) < 4.78 is 5.14. The van der Waals surface area contributed by atoms with Crippen molar-refractivity contribution in [3.63, 3.8) is 0 Å². The van der Waals surface area contributed by atoms with E-state index in [2.05, 4.69) is 44.7 Å². The topological polar surface area (TPSA) is 38.5 Å². The third-order valence-corrected chi connectivity index (χ3v) is 3.62. The van der Waals surface area contributed by atoms with Gasteiger partial charge in [-0.1, -0.05) is 24.6 Å². The van der Waals surface area contributed by atoms with Crippen molar-refractivity contribution >= 4 is 0 Å². The predicted molar refractivity (Wildman–Crippen MR) is 81.6 cm³/mol. The summed E-state index contributed by atoms with van der Waals surface area (Å²) in [6, 6.07) is 4.50. The molecule has 0 bridgehead atoms. The average Bonchev–Trinajstić information content (AvgIpc) is 2.33. The highest BCUT2D eigenvalue weighted by Gasteiger charge is 2.15. The summed E-state index contributed by atoms with van der Waals surface area (Å²) in [5.74, 6) is 0. The molecule has 0 aliphatic rings. The molecule has 0 aliphatic carbocycles. The van der Waals surface area contributed by atoms with Gasteiger partial charge in [-0.25, -0.2) is 0 Å². The molecule has 19 heavy (non-hydrogen) atoms. The number of hydrogen-bond acceptors (Lipinski definition) is 3. The third-order valence-electron chi connectivity index (χ3n) is 3.62. The SMILES string of the molecule is CCN(CCOC)CC(N)c1c(C)cc(C)cc1C. The van der Waals surface area contributed by atoms with Gasteiger partial charge in [-0.05, 0) is 44.0 Å². The Morgan fingerprint density at radius 1 is 1.21 bits per heavy atom. The Morgan fingerprint density at radius 3 is 2.26 bits per heavy atom. The fraction of sp³-hybridized carbons (Fsp3) is 0.625. The van der Waals surface area contributed by atoms with E-state index in [1.165, 1.54) is 22.3 Å². The number of nitrogens with two attached hydrogens (primary N) is 1. The molecule has 0 aliphatic heterocycles. The molecule has 0 spiro atoms. The highest BCUT2D eigenvalue weighted by molar-refractivity contribution is 5.39. The van der Waals surface area contributed by atoms with Gasteiger partial charge in [-0.3, -0.25) is 4.90 Å². The summed E-state index contributed by atoms with van der Waals surface area (Å²) >= 11 is 0. The van der Waals surface area contributed by atoms with Crippen LogP contribution in [0.5, 0.6) is 0 Å². The highest BCUT2D eigenvalue weighted by Crippen LogP contribution is 2.22. The van der Waals surface area contributed by atoms with Gasteiger partial charge in [0.2, 0.25) is 0 Å². The molecule has 0 amide bonds. The number of benzene rings is 1. The van der Waals surface area contributed by atoms with E-state index in [1.807, 2.05) is 0 Å². The molecule has 0 saturated carbocycles. The molecule has 0 radical (unpaired) electrons. The summed E-state index contributed by atoms with van der Waals surface area (Å²) in [5, 5.41) is 0. The fourth-order valence-electron chi connectivity index (χ4n) is 2.74. The number of ether oxygens (including phenoxy) is 1. The lowest BCUT2D eigenvalue weighted by Crippen LogP contribution is -2.35. The minimum Gasteiger partial charge on any atom is -0.383 e. The number of methoxy groups -OCH3 is 1. The van der Waals surface area contributed by atoms with Crippen LogP contribution in [0.2, 0.25) is 0 Å². The smallest absolute Gasteiger partial charge is 0.0589 e. The maximum atomic E-state index is 6.41. The summed E-state index contributed by atoms with van der Waals surface area (Å²) in [6.07, 6.45) is 0. The molecular formula is C16H28N2O. The third kappa shape index (κ3) is 4.60. The summed E-state index contributed by atoms with van der Waals surface area (Å²) in [5.41, 5.74) is 11.6. The standard InChI is InChI=1S/C16H28N2O/c1-6-18(7-8-19-5)11-15(17)16-13(3)9-12(2)10-14(16)4/h9-10,15H,6-8,11,17H2,1-5H3. The van der Waals surface area contributed by atoms with Crippen molar-refractivity contribution in [2.24, 2.45) is 5.73 Å². The first-order valence-electron chi connectivity index (χ1n) is 7.04. The molecule has 1 rings (SSSR count). The van der Waals surface area contributed by atoms with Crippen LogP contribution in [0.1, 0.15) is 35.2 Å². The van der Waals surface area contributed by atoms with Crippen LogP contribution in [-0.4, -0.2) is 38.3 Å². The summed E-state index contributed by atoms with van der Waals surface area (Å²) in [7, 11) is 1.74. The van der Waals surface area contributed by atoms with E-state index in [4.69, 9.17) is 10.5 Å². The Labute approximate surface area is 117 Å². The lowest BCUT2D eigenvalue weighted by molar-refractivity contribution is 0.147. The molecule has 1 aromatic carbocycles. The lowest BCUT2D eigenvalue weighted by atomic mass is 9.94. The van der Waals surface area contributed by atoms with Crippen molar-refractivity contribution in [2.75, 3.05) is 33.4 Å². The number of aryl methyl sites for hydroxylation is 3. The van der Waals surface area contributed by atoms with Crippen molar-refractivity contribution < 1.29 is 4.74 Å². The van der Waals surface area contributed by atoms with Gasteiger partial charge in [-0.2, -0.15) is 0 Å². The molecule has 3 nitrogen and oxygen atoms in total. The van der Waals surface area contributed by atoms with Crippen LogP contribution in [-0.2, 0) is 4.74 Å². The van der Waals surface area contributed by atoms with Crippen LogP contribution < -0.4 is 5.73 Å². The molecule has 3 heteroatoms. The Bertz CT molecular complexity index is 381. The van der Waals surface area contributed by atoms with Gasteiger partial charge in [0.15, 0.2) is 0 Å². The lowest BCUT2D eigenvalue weighted by Gasteiger charge is -2.26. The van der Waals surface area contributed by atoms with Crippen molar-refractivity contribution in [1.29, 1.82) is 0 Å². The second-order valence-electron chi connectivity index (χ2n) is 5.30. The van der Waals surface area contributed by atoms with E-state index < -0.39 is 0 Å². The van der Waals surface area contributed by atoms with Crippen molar-refractivity contribution in [3.05, 3.63) is 34.4 Å². The van der Waals surface area contributed by atoms with Crippen molar-refractivity contribution in [1.82, 2.24) is 4.90 Å². The molecule has 0 saturated heterocycles. The molecule has 0 aromatic heterocycles. The van der Waals surface area contributed by atoms with Crippen LogP contribution in [0, 0.1) is 20.8 Å².